The zero-order valence-corrected chi connectivity index (χ0v) is 18.4. The molecule has 0 saturated heterocycles. The van der Waals surface area contributed by atoms with Crippen LogP contribution in [0.5, 0.6) is 0 Å². The minimum Gasteiger partial charge on any atom is -0.460 e. The molecule has 4 unspecified atom stereocenters. The maximum atomic E-state index is 11.9. The number of carbonyl (C=O) groups excluding carboxylic acids is 1. The predicted molar refractivity (Wildman–Crippen MR) is 106 cm³/mol. The number of hydrogen-bond acceptors (Lipinski definition) is 6. The molecule has 0 aliphatic heterocycles. The zero-order chi connectivity index (χ0) is 20.9. The van der Waals surface area contributed by atoms with E-state index in [9.17, 15) is 4.79 Å². The number of fused-ring (bicyclic) bond motifs is 1. The fourth-order valence-corrected chi connectivity index (χ4v) is 4.00. The second-order valence-corrected chi connectivity index (χ2v) is 10.1. The molecule has 0 spiro atoms. The van der Waals surface area contributed by atoms with Crippen LogP contribution in [-0.4, -0.2) is 36.0 Å². The molecule has 0 aromatic carbocycles. The molecular formula is C22H38O6. The quantitative estimate of drug-likeness (QED) is 0.263. The van der Waals surface area contributed by atoms with Crippen molar-refractivity contribution < 1.29 is 28.8 Å². The van der Waals surface area contributed by atoms with Gasteiger partial charge in [-0.1, -0.05) is 0 Å². The highest BCUT2D eigenvalue weighted by molar-refractivity contribution is 5.71. The van der Waals surface area contributed by atoms with Crippen LogP contribution in [-0.2, 0) is 28.8 Å². The summed E-state index contributed by atoms with van der Waals surface area (Å²) in [4.78, 5) is 22.3. The van der Waals surface area contributed by atoms with Gasteiger partial charge < -0.3 is 14.2 Å². The summed E-state index contributed by atoms with van der Waals surface area (Å²) < 4.78 is 17.0. The maximum absolute atomic E-state index is 11.9. The molecule has 2 aliphatic rings. The van der Waals surface area contributed by atoms with Crippen LogP contribution in [0.25, 0.3) is 0 Å². The molecule has 2 aliphatic carbocycles. The largest absolute Gasteiger partial charge is 0.460 e. The van der Waals surface area contributed by atoms with Gasteiger partial charge in [-0.15, -0.1) is 0 Å². The SMILES string of the molecule is C=C(OOC(C)(C)C)OC1CCC2CCC(OCC(=O)OC(C)(C)C)CC2C1. The summed E-state index contributed by atoms with van der Waals surface area (Å²) in [6.45, 7) is 15.1. The fourth-order valence-electron chi connectivity index (χ4n) is 4.00. The Morgan fingerprint density at radius 2 is 1.50 bits per heavy atom. The third-order valence-electron chi connectivity index (χ3n) is 5.06. The molecule has 0 N–H and O–H groups in total. The molecule has 0 bridgehead atoms. The van der Waals surface area contributed by atoms with Crippen molar-refractivity contribution in [2.45, 2.75) is 103 Å². The number of hydrogen-bond donors (Lipinski definition) is 0. The van der Waals surface area contributed by atoms with Gasteiger partial charge in [0, 0.05) is 0 Å². The first-order valence-corrected chi connectivity index (χ1v) is 10.5. The summed E-state index contributed by atoms with van der Waals surface area (Å²) in [5.41, 5.74) is -0.890. The van der Waals surface area contributed by atoms with E-state index in [4.69, 9.17) is 24.0 Å². The summed E-state index contributed by atoms with van der Waals surface area (Å²) in [7, 11) is 0. The van der Waals surface area contributed by atoms with E-state index in [1.165, 1.54) is 0 Å². The molecule has 0 amide bonds. The molecule has 0 radical (unpaired) electrons. The maximum Gasteiger partial charge on any atom is 0.332 e. The van der Waals surface area contributed by atoms with Crippen molar-refractivity contribution in [2.75, 3.05) is 6.61 Å². The van der Waals surface area contributed by atoms with E-state index in [1.807, 2.05) is 41.5 Å². The Bertz CT molecular complexity index is 530. The van der Waals surface area contributed by atoms with Crippen molar-refractivity contribution in [2.24, 2.45) is 11.8 Å². The lowest BCUT2D eigenvalue weighted by atomic mass is 9.69. The Kier molecular flexibility index (Phi) is 7.80. The van der Waals surface area contributed by atoms with Crippen LogP contribution >= 0.6 is 0 Å². The van der Waals surface area contributed by atoms with E-state index in [0.29, 0.717) is 11.8 Å². The molecule has 0 aromatic rings. The van der Waals surface area contributed by atoms with Crippen molar-refractivity contribution in [1.82, 2.24) is 0 Å². The first kappa shape index (κ1) is 23.0. The summed E-state index contributed by atoms with van der Waals surface area (Å²) in [6, 6.07) is 0. The second-order valence-electron chi connectivity index (χ2n) is 10.1. The zero-order valence-electron chi connectivity index (χ0n) is 18.4. The third kappa shape index (κ3) is 8.39. The van der Waals surface area contributed by atoms with Crippen molar-refractivity contribution in [3.63, 3.8) is 0 Å². The van der Waals surface area contributed by atoms with Gasteiger partial charge in [0.1, 0.15) is 23.9 Å². The van der Waals surface area contributed by atoms with Gasteiger partial charge in [0.15, 0.2) is 0 Å². The van der Waals surface area contributed by atoms with Gasteiger partial charge in [-0.3, -0.25) is 4.89 Å². The number of ether oxygens (including phenoxy) is 3. The molecule has 0 aromatic heterocycles. The Balaban J connectivity index is 1.74. The van der Waals surface area contributed by atoms with E-state index in [1.54, 1.807) is 0 Å². The van der Waals surface area contributed by atoms with Crippen molar-refractivity contribution in [3.8, 4) is 0 Å². The summed E-state index contributed by atoms with van der Waals surface area (Å²) in [5.74, 6) is 1.16. The molecule has 6 heteroatoms. The Morgan fingerprint density at radius 1 is 0.893 bits per heavy atom. The molecular weight excluding hydrogens is 360 g/mol. The van der Waals surface area contributed by atoms with Crippen LogP contribution in [0.3, 0.4) is 0 Å². The Labute approximate surface area is 169 Å². The number of esters is 1. The van der Waals surface area contributed by atoms with Gasteiger partial charge >= 0.3 is 11.9 Å². The summed E-state index contributed by atoms with van der Waals surface area (Å²) in [5, 5.41) is 0. The van der Waals surface area contributed by atoms with Gasteiger partial charge in [-0.2, -0.15) is 4.89 Å². The average Bonchev–Trinajstić information content (AvgIpc) is 2.56. The highest BCUT2D eigenvalue weighted by Crippen LogP contribution is 2.42. The van der Waals surface area contributed by atoms with Crippen molar-refractivity contribution >= 4 is 5.97 Å². The molecule has 4 atom stereocenters. The van der Waals surface area contributed by atoms with Gasteiger partial charge in [0.25, 0.3) is 0 Å². The molecule has 2 rings (SSSR count). The Morgan fingerprint density at radius 3 is 2.11 bits per heavy atom. The Hall–Kier alpha value is -1.27. The molecule has 6 nitrogen and oxygen atoms in total. The lowest BCUT2D eigenvalue weighted by Gasteiger charge is -2.41. The van der Waals surface area contributed by atoms with Gasteiger partial charge in [0.05, 0.1) is 6.10 Å². The highest BCUT2D eigenvalue weighted by atomic mass is 17.2. The summed E-state index contributed by atoms with van der Waals surface area (Å²) in [6.07, 6.45) is 6.39. The number of rotatable bonds is 7. The lowest BCUT2D eigenvalue weighted by molar-refractivity contribution is -0.347. The second kappa shape index (κ2) is 9.49. The number of carbonyl (C=O) groups is 1. The fraction of sp³-hybridized carbons (Fsp3) is 0.864. The molecule has 28 heavy (non-hydrogen) atoms. The highest BCUT2D eigenvalue weighted by Gasteiger charge is 2.37. The van der Waals surface area contributed by atoms with E-state index in [0.717, 1.165) is 38.5 Å². The lowest BCUT2D eigenvalue weighted by Crippen LogP contribution is -2.37. The first-order chi connectivity index (χ1) is 12.9. The van der Waals surface area contributed by atoms with Gasteiger partial charge in [-0.25, -0.2) is 4.79 Å². The van der Waals surface area contributed by atoms with Crippen LogP contribution in [0.2, 0.25) is 0 Å². The predicted octanol–water partition coefficient (Wildman–Crippen LogP) is 4.92. The van der Waals surface area contributed by atoms with Crippen LogP contribution < -0.4 is 0 Å². The van der Waals surface area contributed by atoms with Crippen LogP contribution in [0.1, 0.15) is 80.1 Å². The average molecular weight is 399 g/mol. The van der Waals surface area contributed by atoms with Gasteiger partial charge in [-0.05, 0) is 98.5 Å². The topological polar surface area (TPSA) is 63.2 Å². The molecule has 2 saturated carbocycles. The van der Waals surface area contributed by atoms with Crippen molar-refractivity contribution in [1.29, 1.82) is 0 Å². The smallest absolute Gasteiger partial charge is 0.332 e. The minimum atomic E-state index is -0.479. The van der Waals surface area contributed by atoms with Crippen LogP contribution in [0, 0.1) is 11.8 Å². The standard InChI is InChI=1S/C22H38O6/c1-15(27-28-22(5,6)7)25-19-11-9-16-8-10-18(12-17(16)13-19)24-14-20(23)26-21(2,3)4/h16-19H,1,8-14H2,2-7H3. The van der Waals surface area contributed by atoms with Crippen LogP contribution in [0.15, 0.2) is 12.5 Å². The molecule has 2 fully saturated rings. The van der Waals surface area contributed by atoms with Crippen molar-refractivity contribution in [3.05, 3.63) is 12.5 Å². The summed E-state index contributed by atoms with van der Waals surface area (Å²) >= 11 is 0. The normalized spacial score (nSPS) is 28.2. The third-order valence-corrected chi connectivity index (χ3v) is 5.06. The van der Waals surface area contributed by atoms with E-state index in [2.05, 4.69) is 6.58 Å². The molecule has 162 valence electrons. The first-order valence-electron chi connectivity index (χ1n) is 10.5. The molecule has 0 heterocycles. The van der Waals surface area contributed by atoms with E-state index in [-0.39, 0.29) is 30.7 Å². The minimum absolute atomic E-state index is 0.0219. The van der Waals surface area contributed by atoms with Gasteiger partial charge in [0.2, 0.25) is 0 Å². The van der Waals surface area contributed by atoms with E-state index >= 15 is 0 Å². The van der Waals surface area contributed by atoms with Crippen LogP contribution in [0.4, 0.5) is 0 Å². The van der Waals surface area contributed by atoms with E-state index < -0.39 is 11.2 Å². The monoisotopic (exact) mass is 398 g/mol.